The maximum Gasteiger partial charge on any atom is 0.121 e. The molecule has 1 aliphatic rings. The third-order valence-corrected chi connectivity index (χ3v) is 3.57. The molecule has 0 aromatic heterocycles. The quantitative estimate of drug-likeness (QED) is 0.703. The van der Waals surface area contributed by atoms with Crippen molar-refractivity contribution in [2.45, 2.75) is 38.7 Å². The first-order valence-electron chi connectivity index (χ1n) is 6.46. The number of aromatic hydroxyl groups is 1. The minimum Gasteiger partial charge on any atom is -0.508 e. The number of nitrogens with one attached hydrogen (secondary N) is 1. The van der Waals surface area contributed by atoms with Crippen molar-refractivity contribution in [2.24, 2.45) is 5.92 Å². The first-order chi connectivity index (χ1) is 8.29. The highest BCUT2D eigenvalue weighted by molar-refractivity contribution is 5.50. The molecule has 3 heteroatoms. The molecule has 3 nitrogen and oxygen atoms in total. The minimum absolute atomic E-state index is 0.120. The summed E-state index contributed by atoms with van der Waals surface area (Å²) in [6.07, 6.45) is 6.72. The summed E-state index contributed by atoms with van der Waals surface area (Å²) in [6.45, 7) is 0.875. The predicted molar refractivity (Wildman–Crippen MR) is 69.1 cm³/mol. The Bertz CT molecular complexity index is 359. The molecule has 1 fully saturated rings. The lowest BCUT2D eigenvalue weighted by molar-refractivity contribution is 0.275. The lowest BCUT2D eigenvalue weighted by Gasteiger charge is -2.22. The molecule has 3 N–H and O–H groups in total. The van der Waals surface area contributed by atoms with Crippen LogP contribution in [0.15, 0.2) is 18.2 Å². The Morgan fingerprint density at radius 3 is 2.65 bits per heavy atom. The van der Waals surface area contributed by atoms with Crippen molar-refractivity contribution in [3.8, 4) is 5.75 Å². The van der Waals surface area contributed by atoms with Gasteiger partial charge in [-0.15, -0.1) is 0 Å². The molecular formula is C14H21NO2. The zero-order valence-electron chi connectivity index (χ0n) is 10.2. The van der Waals surface area contributed by atoms with Gasteiger partial charge in [0.15, 0.2) is 0 Å². The molecule has 0 bridgehead atoms. The maximum absolute atomic E-state index is 9.46. The highest BCUT2D eigenvalue weighted by Crippen LogP contribution is 2.25. The number of aliphatic hydroxyl groups excluding tert-OH is 1. The molecule has 0 aliphatic heterocycles. The van der Waals surface area contributed by atoms with E-state index in [9.17, 15) is 5.11 Å². The van der Waals surface area contributed by atoms with Crippen LogP contribution in [-0.2, 0) is 6.61 Å². The van der Waals surface area contributed by atoms with E-state index in [1.807, 2.05) is 12.1 Å². The van der Waals surface area contributed by atoms with Crippen molar-refractivity contribution in [3.63, 3.8) is 0 Å². The molecule has 1 aromatic rings. The van der Waals surface area contributed by atoms with Gasteiger partial charge < -0.3 is 15.5 Å². The van der Waals surface area contributed by atoms with Crippen LogP contribution in [0.25, 0.3) is 0 Å². The fourth-order valence-electron chi connectivity index (χ4n) is 2.48. The topological polar surface area (TPSA) is 52.5 Å². The van der Waals surface area contributed by atoms with Crippen molar-refractivity contribution in [2.75, 3.05) is 11.9 Å². The number of anilines is 1. The Kier molecular flexibility index (Phi) is 4.26. The summed E-state index contributed by atoms with van der Waals surface area (Å²) in [5.74, 6) is 0.936. The van der Waals surface area contributed by atoms with Gasteiger partial charge >= 0.3 is 0 Å². The summed E-state index contributed by atoms with van der Waals surface area (Å²) in [5, 5.41) is 21.9. The molecule has 0 amide bonds. The molecule has 94 valence electrons. The van der Waals surface area contributed by atoms with Crippen molar-refractivity contribution >= 4 is 5.69 Å². The standard InChI is InChI=1S/C14H21NO2/c16-10-12-8-13(6-7-14(12)17)15-9-11-4-2-1-3-5-11/h6-8,11,15-17H,1-5,9-10H2. The van der Waals surface area contributed by atoms with E-state index < -0.39 is 0 Å². The van der Waals surface area contributed by atoms with E-state index in [0.29, 0.717) is 5.56 Å². The average Bonchev–Trinajstić information content (AvgIpc) is 2.39. The van der Waals surface area contributed by atoms with Gasteiger partial charge in [0.1, 0.15) is 5.75 Å². The third kappa shape index (κ3) is 3.37. The number of aliphatic hydroxyl groups is 1. The first-order valence-corrected chi connectivity index (χ1v) is 6.46. The smallest absolute Gasteiger partial charge is 0.121 e. The van der Waals surface area contributed by atoms with Crippen LogP contribution < -0.4 is 5.32 Å². The van der Waals surface area contributed by atoms with Gasteiger partial charge in [-0.25, -0.2) is 0 Å². The second-order valence-corrected chi connectivity index (χ2v) is 4.89. The van der Waals surface area contributed by atoms with Crippen LogP contribution in [-0.4, -0.2) is 16.8 Å². The lowest BCUT2D eigenvalue weighted by Crippen LogP contribution is -2.17. The van der Waals surface area contributed by atoms with E-state index in [0.717, 1.165) is 18.2 Å². The monoisotopic (exact) mass is 235 g/mol. The number of rotatable bonds is 4. The molecular weight excluding hydrogens is 214 g/mol. The Hall–Kier alpha value is -1.22. The number of phenols is 1. The third-order valence-electron chi connectivity index (χ3n) is 3.57. The lowest BCUT2D eigenvalue weighted by atomic mass is 9.89. The Morgan fingerprint density at radius 1 is 1.18 bits per heavy atom. The van der Waals surface area contributed by atoms with E-state index in [1.54, 1.807) is 6.07 Å². The number of hydrogen-bond acceptors (Lipinski definition) is 3. The normalized spacial score (nSPS) is 17.0. The van der Waals surface area contributed by atoms with Crippen LogP contribution in [0.5, 0.6) is 5.75 Å². The molecule has 0 atom stereocenters. The molecule has 1 saturated carbocycles. The van der Waals surface area contributed by atoms with Crippen LogP contribution in [0.2, 0.25) is 0 Å². The van der Waals surface area contributed by atoms with E-state index >= 15 is 0 Å². The first kappa shape index (κ1) is 12.2. The largest absolute Gasteiger partial charge is 0.508 e. The molecule has 1 aromatic carbocycles. The summed E-state index contributed by atoms with van der Waals surface area (Å²) in [5.41, 5.74) is 1.57. The molecule has 17 heavy (non-hydrogen) atoms. The highest BCUT2D eigenvalue weighted by atomic mass is 16.3. The van der Waals surface area contributed by atoms with E-state index in [2.05, 4.69) is 5.32 Å². The second kappa shape index (κ2) is 5.92. The zero-order chi connectivity index (χ0) is 12.1. The summed E-state index contributed by atoms with van der Waals surface area (Å²) in [6, 6.07) is 5.31. The minimum atomic E-state index is -0.120. The Balaban J connectivity index is 1.89. The molecule has 0 radical (unpaired) electrons. The van der Waals surface area contributed by atoms with Gasteiger partial charge in [-0.3, -0.25) is 0 Å². The molecule has 0 unspecified atom stereocenters. The van der Waals surface area contributed by atoms with E-state index in [1.165, 1.54) is 32.1 Å². The van der Waals surface area contributed by atoms with Crippen LogP contribution >= 0.6 is 0 Å². The molecule has 1 aliphatic carbocycles. The fourth-order valence-corrected chi connectivity index (χ4v) is 2.48. The molecule has 0 saturated heterocycles. The summed E-state index contributed by atoms with van der Waals surface area (Å²) < 4.78 is 0. The molecule has 0 heterocycles. The van der Waals surface area contributed by atoms with Crippen molar-refractivity contribution in [1.82, 2.24) is 0 Å². The van der Waals surface area contributed by atoms with Gasteiger partial charge in [0.2, 0.25) is 0 Å². The van der Waals surface area contributed by atoms with E-state index in [4.69, 9.17) is 5.11 Å². The van der Waals surface area contributed by atoms with Crippen molar-refractivity contribution in [1.29, 1.82) is 0 Å². The Labute approximate surface area is 102 Å². The van der Waals surface area contributed by atoms with Crippen LogP contribution in [0, 0.1) is 5.92 Å². The van der Waals surface area contributed by atoms with Crippen LogP contribution in [0.4, 0.5) is 5.69 Å². The van der Waals surface area contributed by atoms with E-state index in [-0.39, 0.29) is 12.4 Å². The fraction of sp³-hybridized carbons (Fsp3) is 0.571. The van der Waals surface area contributed by atoms with Gasteiger partial charge in [0.05, 0.1) is 6.61 Å². The van der Waals surface area contributed by atoms with Gasteiger partial charge in [0, 0.05) is 17.8 Å². The zero-order valence-corrected chi connectivity index (χ0v) is 10.2. The predicted octanol–water partition coefficient (Wildman–Crippen LogP) is 2.88. The van der Waals surface area contributed by atoms with Gasteiger partial charge in [-0.05, 0) is 37.0 Å². The van der Waals surface area contributed by atoms with Gasteiger partial charge in [-0.1, -0.05) is 19.3 Å². The maximum atomic E-state index is 9.46. The number of benzene rings is 1. The Morgan fingerprint density at radius 2 is 1.94 bits per heavy atom. The summed E-state index contributed by atoms with van der Waals surface area (Å²) in [7, 11) is 0. The SMILES string of the molecule is OCc1cc(NCC2CCCCC2)ccc1O. The number of hydrogen-bond donors (Lipinski definition) is 3. The van der Waals surface area contributed by atoms with Crippen molar-refractivity contribution < 1.29 is 10.2 Å². The molecule has 0 spiro atoms. The summed E-state index contributed by atoms with van der Waals surface area (Å²) >= 11 is 0. The van der Waals surface area contributed by atoms with Crippen molar-refractivity contribution in [3.05, 3.63) is 23.8 Å². The van der Waals surface area contributed by atoms with Gasteiger partial charge in [-0.2, -0.15) is 0 Å². The second-order valence-electron chi connectivity index (χ2n) is 4.89. The highest BCUT2D eigenvalue weighted by Gasteiger charge is 2.13. The average molecular weight is 235 g/mol. The van der Waals surface area contributed by atoms with Crippen LogP contribution in [0.3, 0.4) is 0 Å². The summed E-state index contributed by atoms with van der Waals surface area (Å²) in [4.78, 5) is 0. The van der Waals surface area contributed by atoms with Crippen LogP contribution in [0.1, 0.15) is 37.7 Å². The van der Waals surface area contributed by atoms with Gasteiger partial charge in [0.25, 0.3) is 0 Å². The molecule has 2 rings (SSSR count).